The summed E-state index contributed by atoms with van der Waals surface area (Å²) in [5.74, 6) is -0.0199. The van der Waals surface area contributed by atoms with Gasteiger partial charge in [-0.25, -0.2) is 0 Å². The summed E-state index contributed by atoms with van der Waals surface area (Å²) in [5.41, 5.74) is 4.08. The average Bonchev–Trinajstić information content (AvgIpc) is 2.66. The maximum absolute atomic E-state index is 12.7. The van der Waals surface area contributed by atoms with E-state index in [9.17, 15) is 4.79 Å². The summed E-state index contributed by atoms with van der Waals surface area (Å²) >= 11 is 0. The molecule has 2 aromatic rings. The number of carbonyl (C=O) groups is 1. The summed E-state index contributed by atoms with van der Waals surface area (Å²) in [6, 6.07) is 10.0. The van der Waals surface area contributed by atoms with E-state index in [-0.39, 0.29) is 11.9 Å². The van der Waals surface area contributed by atoms with Gasteiger partial charge in [-0.15, -0.1) is 0 Å². The van der Waals surface area contributed by atoms with Gasteiger partial charge < -0.3 is 10.1 Å². The van der Waals surface area contributed by atoms with Gasteiger partial charge in [-0.2, -0.15) is 0 Å². The van der Waals surface area contributed by atoms with Crippen LogP contribution in [0.15, 0.2) is 42.7 Å². The van der Waals surface area contributed by atoms with Crippen molar-refractivity contribution in [3.8, 4) is 0 Å². The van der Waals surface area contributed by atoms with Gasteiger partial charge in [-0.1, -0.05) is 12.1 Å². The smallest absolute Gasteiger partial charge is 0.251 e. The fourth-order valence-electron chi connectivity index (χ4n) is 3.21. The molecule has 1 amide bonds. The second-order valence-corrected chi connectivity index (χ2v) is 6.40. The monoisotopic (exact) mass is 339 g/mol. The molecule has 1 aliphatic heterocycles. The number of rotatable bonds is 5. The summed E-state index contributed by atoms with van der Waals surface area (Å²) in [6.45, 7) is 7.78. The Morgan fingerprint density at radius 3 is 2.64 bits per heavy atom. The van der Waals surface area contributed by atoms with Gasteiger partial charge in [0.1, 0.15) is 0 Å². The zero-order valence-corrected chi connectivity index (χ0v) is 14.9. The highest BCUT2D eigenvalue weighted by Crippen LogP contribution is 2.21. The zero-order chi connectivity index (χ0) is 17.6. The SMILES string of the molecule is Cc1cccc(C(=O)NC[C@H](c2ccncc2)N2CCOCC2)c1C. The van der Waals surface area contributed by atoms with Crippen molar-refractivity contribution < 1.29 is 9.53 Å². The molecule has 0 spiro atoms. The van der Waals surface area contributed by atoms with Crippen LogP contribution >= 0.6 is 0 Å². The number of aromatic nitrogens is 1. The summed E-state index contributed by atoms with van der Waals surface area (Å²) in [4.78, 5) is 19.1. The fourth-order valence-corrected chi connectivity index (χ4v) is 3.21. The van der Waals surface area contributed by atoms with E-state index >= 15 is 0 Å². The molecule has 0 unspecified atom stereocenters. The van der Waals surface area contributed by atoms with Crippen molar-refractivity contribution in [2.75, 3.05) is 32.8 Å². The van der Waals surface area contributed by atoms with Gasteiger partial charge in [0.15, 0.2) is 0 Å². The van der Waals surface area contributed by atoms with Crippen LogP contribution in [0.4, 0.5) is 0 Å². The molecule has 0 bridgehead atoms. The molecule has 132 valence electrons. The highest BCUT2D eigenvalue weighted by atomic mass is 16.5. The predicted molar refractivity (Wildman–Crippen MR) is 97.6 cm³/mol. The van der Waals surface area contributed by atoms with E-state index < -0.39 is 0 Å². The minimum absolute atomic E-state index is 0.0199. The lowest BCUT2D eigenvalue weighted by Crippen LogP contribution is -2.43. The highest BCUT2D eigenvalue weighted by molar-refractivity contribution is 5.95. The molecule has 1 atom stereocenters. The topological polar surface area (TPSA) is 54.5 Å². The first-order chi connectivity index (χ1) is 12.2. The maximum Gasteiger partial charge on any atom is 0.251 e. The molecule has 1 aromatic heterocycles. The maximum atomic E-state index is 12.7. The molecule has 5 heteroatoms. The Labute approximate surface area is 149 Å². The van der Waals surface area contributed by atoms with Crippen molar-refractivity contribution in [3.05, 3.63) is 65.0 Å². The Balaban J connectivity index is 1.74. The van der Waals surface area contributed by atoms with Crippen molar-refractivity contribution in [2.24, 2.45) is 0 Å². The molecule has 3 rings (SSSR count). The van der Waals surface area contributed by atoms with E-state index in [4.69, 9.17) is 4.74 Å². The van der Waals surface area contributed by atoms with E-state index in [0.29, 0.717) is 6.54 Å². The number of pyridine rings is 1. The Morgan fingerprint density at radius 2 is 1.92 bits per heavy atom. The van der Waals surface area contributed by atoms with Crippen LogP contribution in [0.1, 0.15) is 33.1 Å². The van der Waals surface area contributed by atoms with E-state index in [1.165, 1.54) is 0 Å². The van der Waals surface area contributed by atoms with Crippen LogP contribution in [0.2, 0.25) is 0 Å². The van der Waals surface area contributed by atoms with E-state index in [2.05, 4.69) is 15.2 Å². The molecule has 1 aliphatic rings. The third kappa shape index (κ3) is 4.24. The van der Waals surface area contributed by atoms with Crippen molar-refractivity contribution >= 4 is 5.91 Å². The Morgan fingerprint density at radius 1 is 1.20 bits per heavy atom. The van der Waals surface area contributed by atoms with Gasteiger partial charge in [0.2, 0.25) is 0 Å². The lowest BCUT2D eigenvalue weighted by molar-refractivity contribution is 0.0162. The first kappa shape index (κ1) is 17.6. The zero-order valence-electron chi connectivity index (χ0n) is 14.9. The molecule has 25 heavy (non-hydrogen) atoms. The first-order valence-corrected chi connectivity index (χ1v) is 8.73. The van der Waals surface area contributed by atoms with Gasteiger partial charge in [0.05, 0.1) is 19.3 Å². The van der Waals surface area contributed by atoms with Crippen LogP contribution < -0.4 is 5.32 Å². The average molecular weight is 339 g/mol. The van der Waals surface area contributed by atoms with Crippen LogP contribution in [-0.2, 0) is 4.74 Å². The number of amides is 1. The largest absolute Gasteiger partial charge is 0.379 e. The number of ether oxygens (including phenoxy) is 1. The van der Waals surface area contributed by atoms with Crippen LogP contribution in [0, 0.1) is 13.8 Å². The molecule has 5 nitrogen and oxygen atoms in total. The summed E-state index contributed by atoms with van der Waals surface area (Å²) in [5, 5.41) is 3.12. The second-order valence-electron chi connectivity index (χ2n) is 6.40. The standard InChI is InChI=1S/C20H25N3O2/c1-15-4-3-5-18(16(15)2)20(24)22-14-19(17-6-8-21-9-7-17)23-10-12-25-13-11-23/h3-9,19H,10-14H2,1-2H3,(H,22,24)/t19-/m1/s1. The number of carbonyl (C=O) groups excluding carboxylic acids is 1. The molecule has 0 radical (unpaired) electrons. The lowest BCUT2D eigenvalue weighted by atomic mass is 10.0. The molecular weight excluding hydrogens is 314 g/mol. The predicted octanol–water partition coefficient (Wildman–Crippen LogP) is 2.50. The molecule has 1 saturated heterocycles. The van der Waals surface area contributed by atoms with Crippen LogP contribution in [-0.4, -0.2) is 48.6 Å². The van der Waals surface area contributed by atoms with Gasteiger partial charge >= 0.3 is 0 Å². The van der Waals surface area contributed by atoms with Crippen molar-refractivity contribution in [1.82, 2.24) is 15.2 Å². The van der Waals surface area contributed by atoms with Crippen LogP contribution in [0.3, 0.4) is 0 Å². The molecule has 1 fully saturated rings. The number of benzene rings is 1. The first-order valence-electron chi connectivity index (χ1n) is 8.73. The highest BCUT2D eigenvalue weighted by Gasteiger charge is 2.23. The van der Waals surface area contributed by atoms with E-state index in [1.807, 2.05) is 44.2 Å². The Kier molecular flexibility index (Phi) is 5.79. The Hall–Kier alpha value is -2.24. The molecular formula is C20H25N3O2. The van der Waals surface area contributed by atoms with Gasteiger partial charge in [0.25, 0.3) is 5.91 Å². The van der Waals surface area contributed by atoms with Crippen molar-refractivity contribution in [2.45, 2.75) is 19.9 Å². The van der Waals surface area contributed by atoms with Crippen molar-refractivity contribution in [3.63, 3.8) is 0 Å². The van der Waals surface area contributed by atoms with E-state index in [1.54, 1.807) is 12.4 Å². The molecule has 2 heterocycles. The minimum atomic E-state index is -0.0199. The number of nitrogens with zero attached hydrogens (tertiary/aromatic N) is 2. The third-order valence-electron chi connectivity index (χ3n) is 4.88. The lowest BCUT2D eigenvalue weighted by Gasteiger charge is -2.34. The summed E-state index contributed by atoms with van der Waals surface area (Å²) in [7, 11) is 0. The van der Waals surface area contributed by atoms with Crippen molar-refractivity contribution in [1.29, 1.82) is 0 Å². The van der Waals surface area contributed by atoms with Gasteiger partial charge in [-0.3, -0.25) is 14.7 Å². The van der Waals surface area contributed by atoms with Gasteiger partial charge in [-0.05, 0) is 48.7 Å². The molecule has 1 N–H and O–H groups in total. The Bertz CT molecular complexity index is 712. The third-order valence-corrected chi connectivity index (χ3v) is 4.88. The minimum Gasteiger partial charge on any atom is -0.379 e. The van der Waals surface area contributed by atoms with Gasteiger partial charge in [0, 0.05) is 37.6 Å². The fraction of sp³-hybridized carbons (Fsp3) is 0.400. The normalized spacial score (nSPS) is 16.4. The summed E-state index contributed by atoms with van der Waals surface area (Å²) in [6.07, 6.45) is 3.60. The number of morpholine rings is 1. The van der Waals surface area contributed by atoms with Crippen LogP contribution in [0.25, 0.3) is 0 Å². The summed E-state index contributed by atoms with van der Waals surface area (Å²) < 4.78 is 5.47. The number of hydrogen-bond acceptors (Lipinski definition) is 4. The quantitative estimate of drug-likeness (QED) is 0.909. The molecule has 0 saturated carbocycles. The molecule has 0 aliphatic carbocycles. The number of hydrogen-bond donors (Lipinski definition) is 1. The second kappa shape index (κ2) is 8.23. The number of nitrogens with one attached hydrogen (secondary N) is 1. The molecule has 1 aromatic carbocycles. The van der Waals surface area contributed by atoms with Crippen LogP contribution in [0.5, 0.6) is 0 Å². The van der Waals surface area contributed by atoms with E-state index in [0.717, 1.165) is 48.6 Å². The number of aryl methyl sites for hydroxylation is 1.